The van der Waals surface area contributed by atoms with Crippen molar-refractivity contribution in [2.45, 2.75) is 6.04 Å². The number of hydrogen-bond acceptors (Lipinski definition) is 1. The van der Waals surface area contributed by atoms with E-state index in [0.29, 0.717) is 0 Å². The van der Waals surface area contributed by atoms with E-state index >= 15 is 0 Å². The minimum atomic E-state index is -0.0277. The largest absolute Gasteiger partial charge is 0.328 e. The number of nitrogens with zero attached hydrogens (tertiary/aromatic N) is 1. The molecule has 1 heterocycles. The Balaban J connectivity index is 1.83. The van der Waals surface area contributed by atoms with Gasteiger partial charge in [-0.05, 0) is 51.3 Å². The van der Waals surface area contributed by atoms with Crippen molar-refractivity contribution in [1.29, 1.82) is 0 Å². The third-order valence-electron chi connectivity index (χ3n) is 4.22. The first-order valence-corrected chi connectivity index (χ1v) is 8.99. The Morgan fingerprint density at radius 1 is 0.760 bits per heavy atom. The highest BCUT2D eigenvalue weighted by molar-refractivity contribution is 9.15. The van der Waals surface area contributed by atoms with E-state index in [4.69, 9.17) is 0 Å². The molecule has 0 spiro atoms. The molecule has 120 valence electrons. The highest BCUT2D eigenvalue weighted by Crippen LogP contribution is 2.39. The number of para-hydroxylation sites is 1. The van der Waals surface area contributed by atoms with E-state index in [1.165, 1.54) is 11.1 Å². The first-order chi connectivity index (χ1) is 12.3. The fourth-order valence-corrected chi connectivity index (χ4v) is 3.59. The molecule has 0 radical (unpaired) electrons. The van der Waals surface area contributed by atoms with Gasteiger partial charge in [-0.3, -0.25) is 0 Å². The summed E-state index contributed by atoms with van der Waals surface area (Å²) in [6, 6.07) is 28.9. The molecule has 3 aromatic carbocycles. The van der Waals surface area contributed by atoms with Crippen LogP contribution in [-0.2, 0) is 0 Å². The van der Waals surface area contributed by atoms with Crippen LogP contribution in [0.3, 0.4) is 0 Å². The Morgan fingerprint density at radius 3 is 2.16 bits per heavy atom. The van der Waals surface area contributed by atoms with Crippen molar-refractivity contribution in [2.24, 2.45) is 0 Å². The Hall–Kier alpha value is -2.76. The number of rotatable bonds is 1. The maximum absolute atomic E-state index is 3.72. The summed E-state index contributed by atoms with van der Waals surface area (Å²) in [7, 11) is 0. The van der Waals surface area contributed by atoms with Gasteiger partial charge in [0.15, 0.2) is 0 Å². The summed E-state index contributed by atoms with van der Waals surface area (Å²) < 4.78 is 1.07. The van der Waals surface area contributed by atoms with Gasteiger partial charge in [0.05, 0.1) is 0 Å². The number of benzene rings is 3. The zero-order valence-electron chi connectivity index (χ0n) is 13.6. The number of hydrogen-bond donors (Lipinski definition) is 0. The van der Waals surface area contributed by atoms with Crippen LogP contribution in [-0.4, -0.2) is 0 Å². The molecule has 0 N–H and O–H groups in total. The van der Waals surface area contributed by atoms with Crippen LogP contribution >= 0.6 is 15.9 Å². The molecule has 25 heavy (non-hydrogen) atoms. The van der Waals surface area contributed by atoms with Crippen LogP contribution < -0.4 is 4.90 Å². The minimum Gasteiger partial charge on any atom is -0.328 e. The highest BCUT2D eigenvalue weighted by atomic mass is 79.9. The summed E-state index contributed by atoms with van der Waals surface area (Å²) in [5, 5.41) is 0. The molecule has 1 atom stereocenters. The average molecular weight is 386 g/mol. The van der Waals surface area contributed by atoms with Crippen LogP contribution in [0.25, 0.3) is 4.48 Å². The maximum atomic E-state index is 3.72. The van der Waals surface area contributed by atoms with E-state index in [-0.39, 0.29) is 6.04 Å². The molecule has 0 amide bonds. The molecule has 1 aliphatic heterocycles. The molecular weight excluding hydrogens is 370 g/mol. The van der Waals surface area contributed by atoms with Crippen LogP contribution in [0, 0.1) is 11.8 Å². The molecule has 2 heteroatoms. The maximum Gasteiger partial charge on any atom is 0.121 e. The predicted octanol–water partition coefficient (Wildman–Crippen LogP) is 5.99. The predicted molar refractivity (Wildman–Crippen MR) is 108 cm³/mol. The van der Waals surface area contributed by atoms with Crippen molar-refractivity contribution in [3.8, 4) is 11.8 Å². The van der Waals surface area contributed by atoms with E-state index in [1.54, 1.807) is 0 Å². The molecule has 4 rings (SSSR count). The van der Waals surface area contributed by atoms with Crippen molar-refractivity contribution in [1.82, 2.24) is 0 Å². The van der Waals surface area contributed by atoms with Gasteiger partial charge >= 0.3 is 0 Å². The lowest BCUT2D eigenvalue weighted by atomic mass is 9.95. The molecule has 0 bridgehead atoms. The SMILES string of the molecule is BrC1=CN(c2ccccc2)C(C#Cc2ccccc2)c2ccccc21. The summed E-state index contributed by atoms with van der Waals surface area (Å²) in [4.78, 5) is 2.22. The molecule has 1 unspecified atom stereocenters. The molecule has 3 aromatic rings. The van der Waals surface area contributed by atoms with Crippen LogP contribution in [0.15, 0.2) is 91.1 Å². The molecular formula is C23H16BrN. The van der Waals surface area contributed by atoms with Crippen LogP contribution in [0.4, 0.5) is 5.69 Å². The second-order valence-corrected chi connectivity index (χ2v) is 6.70. The van der Waals surface area contributed by atoms with Gasteiger partial charge in [0.25, 0.3) is 0 Å². The van der Waals surface area contributed by atoms with Crippen molar-refractivity contribution < 1.29 is 0 Å². The van der Waals surface area contributed by atoms with Gasteiger partial charge in [-0.15, -0.1) is 0 Å². The standard InChI is InChI=1S/C23H16BrN/c24-22-17-25(19-11-5-2-6-12-19)23(21-14-8-7-13-20(21)22)16-15-18-9-3-1-4-10-18/h1-14,17,23H. The van der Waals surface area contributed by atoms with Gasteiger partial charge in [-0.2, -0.15) is 0 Å². The average Bonchev–Trinajstić information content (AvgIpc) is 2.69. The third kappa shape index (κ3) is 3.24. The van der Waals surface area contributed by atoms with Crippen LogP contribution in [0.1, 0.15) is 22.7 Å². The number of halogens is 1. The topological polar surface area (TPSA) is 3.24 Å². The quantitative estimate of drug-likeness (QED) is 0.464. The summed E-state index contributed by atoms with van der Waals surface area (Å²) in [6.45, 7) is 0. The van der Waals surface area contributed by atoms with Crippen LogP contribution in [0.2, 0.25) is 0 Å². The lowest BCUT2D eigenvalue weighted by Crippen LogP contribution is -2.26. The highest BCUT2D eigenvalue weighted by Gasteiger charge is 2.25. The van der Waals surface area contributed by atoms with Gasteiger partial charge in [-0.1, -0.05) is 72.5 Å². The van der Waals surface area contributed by atoms with Gasteiger partial charge < -0.3 is 4.90 Å². The first-order valence-electron chi connectivity index (χ1n) is 8.19. The second-order valence-electron chi connectivity index (χ2n) is 5.85. The van der Waals surface area contributed by atoms with Crippen molar-refractivity contribution in [2.75, 3.05) is 4.90 Å². The zero-order chi connectivity index (χ0) is 17.1. The molecule has 0 fully saturated rings. The number of anilines is 1. The summed E-state index contributed by atoms with van der Waals surface area (Å²) in [6.07, 6.45) is 2.13. The van der Waals surface area contributed by atoms with Gasteiger partial charge in [0.2, 0.25) is 0 Å². The second kappa shape index (κ2) is 7.01. The Kier molecular flexibility index (Phi) is 4.41. The smallest absolute Gasteiger partial charge is 0.121 e. The van der Waals surface area contributed by atoms with Crippen LogP contribution in [0.5, 0.6) is 0 Å². The lowest BCUT2D eigenvalue weighted by molar-refractivity contribution is 0.858. The third-order valence-corrected chi connectivity index (χ3v) is 4.86. The molecule has 0 aromatic heterocycles. The Morgan fingerprint density at radius 2 is 1.40 bits per heavy atom. The Labute approximate surface area is 156 Å². The summed E-state index contributed by atoms with van der Waals surface area (Å²) in [5.41, 5.74) is 4.56. The van der Waals surface area contributed by atoms with Crippen molar-refractivity contribution >= 4 is 26.1 Å². The van der Waals surface area contributed by atoms with E-state index in [1.807, 2.05) is 36.4 Å². The van der Waals surface area contributed by atoms with Gasteiger partial charge in [-0.25, -0.2) is 0 Å². The monoisotopic (exact) mass is 385 g/mol. The molecule has 1 aliphatic rings. The number of fused-ring (bicyclic) bond motifs is 1. The van der Waals surface area contributed by atoms with Crippen molar-refractivity contribution in [3.63, 3.8) is 0 Å². The fourth-order valence-electron chi connectivity index (χ4n) is 3.01. The minimum absolute atomic E-state index is 0.0277. The van der Waals surface area contributed by atoms with E-state index in [2.05, 4.69) is 87.4 Å². The zero-order valence-corrected chi connectivity index (χ0v) is 15.1. The summed E-state index contributed by atoms with van der Waals surface area (Å²) >= 11 is 3.72. The van der Waals surface area contributed by atoms with Gasteiger partial charge in [0, 0.05) is 21.9 Å². The Bertz CT molecular complexity index is 965. The first kappa shape index (κ1) is 15.7. The molecule has 1 nitrogen and oxygen atoms in total. The van der Waals surface area contributed by atoms with Crippen molar-refractivity contribution in [3.05, 3.63) is 108 Å². The summed E-state index contributed by atoms with van der Waals surface area (Å²) in [5.74, 6) is 6.81. The lowest BCUT2D eigenvalue weighted by Gasteiger charge is -2.33. The van der Waals surface area contributed by atoms with E-state index < -0.39 is 0 Å². The molecule has 0 saturated carbocycles. The van der Waals surface area contributed by atoms with E-state index in [0.717, 1.165) is 15.7 Å². The fraction of sp³-hybridized carbons (Fsp3) is 0.0435. The molecule has 0 aliphatic carbocycles. The van der Waals surface area contributed by atoms with E-state index in [9.17, 15) is 0 Å². The van der Waals surface area contributed by atoms with Gasteiger partial charge in [0.1, 0.15) is 6.04 Å². The molecule has 0 saturated heterocycles. The normalized spacial score (nSPS) is 15.6.